The molecular formula is C37H49N3O3. The van der Waals surface area contributed by atoms with Gasteiger partial charge in [0.15, 0.2) is 0 Å². The molecular weight excluding hydrogens is 534 g/mol. The van der Waals surface area contributed by atoms with Crippen LogP contribution in [0.2, 0.25) is 0 Å². The number of aryl methyl sites for hydroxylation is 1. The van der Waals surface area contributed by atoms with Gasteiger partial charge in [-0.3, -0.25) is 9.69 Å². The average Bonchev–Trinajstić information content (AvgIpc) is 3.40. The molecule has 0 bridgehead atoms. The van der Waals surface area contributed by atoms with Gasteiger partial charge in [0, 0.05) is 36.7 Å². The van der Waals surface area contributed by atoms with E-state index in [0.29, 0.717) is 19.6 Å². The van der Waals surface area contributed by atoms with Gasteiger partial charge in [-0.1, -0.05) is 94.8 Å². The van der Waals surface area contributed by atoms with Crippen molar-refractivity contribution in [1.82, 2.24) is 14.8 Å². The average molecular weight is 584 g/mol. The van der Waals surface area contributed by atoms with Gasteiger partial charge in [-0.15, -0.1) is 0 Å². The van der Waals surface area contributed by atoms with Gasteiger partial charge in [-0.05, 0) is 66.1 Å². The number of amides is 1. The summed E-state index contributed by atoms with van der Waals surface area (Å²) < 4.78 is 5.91. The van der Waals surface area contributed by atoms with Crippen LogP contribution in [-0.4, -0.2) is 64.7 Å². The fourth-order valence-electron chi connectivity index (χ4n) is 5.38. The van der Waals surface area contributed by atoms with Crippen LogP contribution < -0.4 is 4.74 Å². The third-order valence-electron chi connectivity index (χ3n) is 8.05. The van der Waals surface area contributed by atoms with Gasteiger partial charge in [0.25, 0.3) is 0 Å². The van der Waals surface area contributed by atoms with Gasteiger partial charge in [-0.25, -0.2) is 0 Å². The first-order chi connectivity index (χ1) is 20.6. The van der Waals surface area contributed by atoms with Crippen molar-refractivity contribution in [3.05, 3.63) is 101 Å². The van der Waals surface area contributed by atoms with Crippen molar-refractivity contribution < 1.29 is 14.6 Å². The molecule has 0 radical (unpaired) electrons. The highest BCUT2D eigenvalue weighted by atomic mass is 16.5. The van der Waals surface area contributed by atoms with Crippen molar-refractivity contribution in [2.24, 2.45) is 0 Å². The maximum atomic E-state index is 13.9. The maximum absolute atomic E-state index is 13.9. The summed E-state index contributed by atoms with van der Waals surface area (Å²) >= 11 is 0. The molecule has 4 rings (SSSR count). The number of nitrogens with zero attached hydrogens (tertiary/aromatic N) is 2. The zero-order valence-corrected chi connectivity index (χ0v) is 26.6. The molecule has 43 heavy (non-hydrogen) atoms. The molecule has 0 aliphatic carbocycles. The van der Waals surface area contributed by atoms with E-state index >= 15 is 0 Å². The Balaban J connectivity index is 1.46. The molecule has 1 aromatic heterocycles. The van der Waals surface area contributed by atoms with E-state index in [1.165, 1.54) is 16.5 Å². The van der Waals surface area contributed by atoms with Gasteiger partial charge in [-0.2, -0.15) is 0 Å². The number of ether oxygens (including phenoxy) is 1. The molecule has 0 spiro atoms. The summed E-state index contributed by atoms with van der Waals surface area (Å²) in [7, 11) is 0. The molecule has 3 aromatic carbocycles. The normalized spacial score (nSPS) is 12.5. The topological polar surface area (TPSA) is 68.8 Å². The zero-order chi connectivity index (χ0) is 30.8. The molecule has 0 aliphatic heterocycles. The monoisotopic (exact) mass is 583 g/mol. The van der Waals surface area contributed by atoms with E-state index in [4.69, 9.17) is 4.74 Å². The summed E-state index contributed by atoms with van der Waals surface area (Å²) in [6.45, 7) is 13.5. The smallest absolute Gasteiger partial charge is 0.237 e. The number of aromatic nitrogens is 1. The quantitative estimate of drug-likeness (QED) is 0.160. The number of carbonyl (C=O) groups is 1. The number of para-hydroxylation sites is 2. The minimum atomic E-state index is -0.700. The fraction of sp³-hybridized carbons (Fsp3) is 0.432. The number of aliphatic hydroxyl groups is 1. The standard InChI is InChI=1S/C37H49N3O3/c1-6-7-21-39(25-32(41)27-43-35-15-11-8-12-28(35)2)26-36(42)40(24-29-16-18-31(19-17-29)37(3,4)5)22-20-30-23-38-34-14-10-9-13-33(30)34/h8-19,23,32,38,41H,6-7,20-22,24-27H2,1-5H3/t32-/m0/s1. The Bertz CT molecular complexity index is 1440. The van der Waals surface area contributed by atoms with E-state index in [2.05, 4.69) is 86.2 Å². The first-order valence-corrected chi connectivity index (χ1v) is 15.6. The van der Waals surface area contributed by atoms with Crippen LogP contribution in [0.4, 0.5) is 0 Å². The minimum Gasteiger partial charge on any atom is -0.491 e. The van der Waals surface area contributed by atoms with Crippen molar-refractivity contribution >= 4 is 16.8 Å². The summed E-state index contributed by atoms with van der Waals surface area (Å²) in [4.78, 5) is 21.4. The number of hydrogen-bond donors (Lipinski definition) is 2. The Morgan fingerprint density at radius 3 is 2.42 bits per heavy atom. The predicted octanol–water partition coefficient (Wildman–Crippen LogP) is 6.89. The van der Waals surface area contributed by atoms with Crippen molar-refractivity contribution in [3.8, 4) is 5.75 Å². The predicted molar refractivity (Wildman–Crippen MR) is 177 cm³/mol. The minimum absolute atomic E-state index is 0.0721. The van der Waals surface area contributed by atoms with Crippen LogP contribution in [0.3, 0.4) is 0 Å². The van der Waals surface area contributed by atoms with Crippen LogP contribution in [0, 0.1) is 6.92 Å². The Kier molecular flexibility index (Phi) is 11.4. The zero-order valence-electron chi connectivity index (χ0n) is 26.6. The van der Waals surface area contributed by atoms with E-state index in [0.717, 1.165) is 48.2 Å². The molecule has 1 heterocycles. The molecule has 0 saturated heterocycles. The van der Waals surface area contributed by atoms with Crippen molar-refractivity contribution in [1.29, 1.82) is 0 Å². The SMILES string of the molecule is CCCCN(CC(=O)N(CCc1c[nH]c2ccccc12)Cc1ccc(C(C)(C)C)cc1)C[C@H](O)COc1ccccc1C. The fourth-order valence-corrected chi connectivity index (χ4v) is 5.38. The van der Waals surface area contributed by atoms with E-state index in [9.17, 15) is 9.90 Å². The van der Waals surface area contributed by atoms with Crippen LogP contribution in [0.15, 0.2) is 79.0 Å². The number of carbonyl (C=O) groups excluding carboxylic acids is 1. The van der Waals surface area contributed by atoms with Crippen molar-refractivity contribution in [2.45, 2.75) is 71.9 Å². The van der Waals surface area contributed by atoms with E-state index in [-0.39, 0.29) is 24.5 Å². The van der Waals surface area contributed by atoms with Gasteiger partial charge in [0.05, 0.1) is 6.54 Å². The molecule has 0 saturated carbocycles. The number of aromatic amines is 1. The lowest BCUT2D eigenvalue weighted by Crippen LogP contribution is -2.44. The van der Waals surface area contributed by atoms with Crippen LogP contribution in [-0.2, 0) is 23.2 Å². The lowest BCUT2D eigenvalue weighted by atomic mass is 9.87. The number of fused-ring (bicyclic) bond motifs is 1. The highest BCUT2D eigenvalue weighted by Crippen LogP contribution is 2.23. The van der Waals surface area contributed by atoms with Gasteiger partial charge in [0.1, 0.15) is 18.5 Å². The summed E-state index contributed by atoms with van der Waals surface area (Å²) in [5.74, 6) is 0.849. The van der Waals surface area contributed by atoms with Crippen molar-refractivity contribution in [2.75, 3.05) is 32.8 Å². The van der Waals surface area contributed by atoms with Crippen LogP contribution in [0.5, 0.6) is 5.75 Å². The summed E-state index contributed by atoms with van der Waals surface area (Å²) in [6, 6.07) is 24.8. The van der Waals surface area contributed by atoms with E-state index in [1.54, 1.807) is 0 Å². The molecule has 6 nitrogen and oxygen atoms in total. The lowest BCUT2D eigenvalue weighted by molar-refractivity contribution is -0.133. The first kappa shape index (κ1) is 32.3. The molecule has 0 unspecified atom stereocenters. The lowest BCUT2D eigenvalue weighted by Gasteiger charge is -2.29. The third kappa shape index (κ3) is 9.44. The van der Waals surface area contributed by atoms with Gasteiger partial charge >= 0.3 is 0 Å². The number of benzene rings is 3. The number of aliphatic hydroxyl groups excluding tert-OH is 1. The third-order valence-corrected chi connectivity index (χ3v) is 8.05. The Morgan fingerprint density at radius 1 is 0.977 bits per heavy atom. The molecule has 4 aromatic rings. The molecule has 2 N–H and O–H groups in total. The number of hydrogen-bond acceptors (Lipinski definition) is 4. The Morgan fingerprint density at radius 2 is 1.70 bits per heavy atom. The molecule has 6 heteroatoms. The Hall–Kier alpha value is -3.61. The highest BCUT2D eigenvalue weighted by Gasteiger charge is 2.21. The van der Waals surface area contributed by atoms with Gasteiger partial charge < -0.3 is 19.7 Å². The van der Waals surface area contributed by atoms with Crippen LogP contribution >= 0.6 is 0 Å². The number of H-pyrrole nitrogens is 1. The van der Waals surface area contributed by atoms with Crippen molar-refractivity contribution in [3.63, 3.8) is 0 Å². The Labute approximate surface area is 257 Å². The van der Waals surface area contributed by atoms with Crippen LogP contribution in [0.25, 0.3) is 10.9 Å². The molecule has 230 valence electrons. The number of nitrogens with one attached hydrogen (secondary N) is 1. The molecule has 1 atom stereocenters. The summed E-state index contributed by atoms with van der Waals surface area (Å²) in [5, 5.41) is 12.1. The van der Waals surface area contributed by atoms with Gasteiger partial charge in [0.2, 0.25) is 5.91 Å². The largest absolute Gasteiger partial charge is 0.491 e. The number of rotatable bonds is 15. The molecule has 1 amide bonds. The first-order valence-electron chi connectivity index (χ1n) is 15.6. The number of unbranched alkanes of at least 4 members (excludes halogenated alkanes) is 1. The maximum Gasteiger partial charge on any atom is 0.237 e. The second-order valence-corrected chi connectivity index (χ2v) is 12.7. The van der Waals surface area contributed by atoms with Crippen LogP contribution in [0.1, 0.15) is 62.8 Å². The van der Waals surface area contributed by atoms with E-state index < -0.39 is 6.10 Å². The molecule has 0 fully saturated rings. The molecule has 0 aliphatic rings. The van der Waals surface area contributed by atoms with E-state index in [1.807, 2.05) is 42.2 Å². The highest BCUT2D eigenvalue weighted by molar-refractivity contribution is 5.83. The second-order valence-electron chi connectivity index (χ2n) is 12.7. The second kappa shape index (κ2) is 15.2. The summed E-state index contributed by atoms with van der Waals surface area (Å²) in [5.41, 5.74) is 5.83. The summed E-state index contributed by atoms with van der Waals surface area (Å²) in [6.07, 6.45) is 4.10.